The quantitative estimate of drug-likeness (QED) is 0.132. The SMILES string of the molecule is CCOC(COc1ccc(C2c3c(c4cc(Cl)ccc4n3N)CCN2C=O)cc1)OCC.COc1ccc(Cl)cc1. The van der Waals surface area contributed by atoms with E-state index in [1.807, 2.05) is 68.4 Å². The summed E-state index contributed by atoms with van der Waals surface area (Å²) in [4.78, 5) is 13.7. The van der Waals surface area contributed by atoms with Crippen LogP contribution < -0.4 is 15.3 Å². The minimum absolute atomic E-state index is 0.291. The van der Waals surface area contributed by atoms with Crippen molar-refractivity contribution in [3.63, 3.8) is 0 Å². The third-order valence-corrected chi connectivity index (χ3v) is 7.28. The van der Waals surface area contributed by atoms with E-state index in [0.29, 0.717) is 37.1 Å². The Balaban J connectivity index is 0.000000367. The van der Waals surface area contributed by atoms with Crippen LogP contribution in [0, 0.1) is 0 Å². The molecule has 1 aromatic heterocycles. The molecular weight excluding hydrogens is 565 g/mol. The Morgan fingerprint density at radius 2 is 1.59 bits per heavy atom. The topological polar surface area (TPSA) is 88.2 Å². The first-order chi connectivity index (χ1) is 19.9. The van der Waals surface area contributed by atoms with Crippen molar-refractivity contribution in [1.82, 2.24) is 9.58 Å². The lowest BCUT2D eigenvalue weighted by Gasteiger charge is -2.34. The molecule has 1 amide bonds. The van der Waals surface area contributed by atoms with Gasteiger partial charge in [0.05, 0.1) is 24.4 Å². The van der Waals surface area contributed by atoms with Crippen molar-refractivity contribution in [3.8, 4) is 11.5 Å². The molecular formula is C31H35Cl2N3O5. The van der Waals surface area contributed by atoms with E-state index in [2.05, 4.69) is 0 Å². The minimum Gasteiger partial charge on any atom is -0.497 e. The van der Waals surface area contributed by atoms with E-state index in [0.717, 1.165) is 51.3 Å². The van der Waals surface area contributed by atoms with Crippen molar-refractivity contribution < 1.29 is 23.7 Å². The summed E-state index contributed by atoms with van der Waals surface area (Å²) in [6, 6.07) is 20.3. The van der Waals surface area contributed by atoms with Crippen LogP contribution in [0.1, 0.15) is 36.7 Å². The van der Waals surface area contributed by atoms with Crippen LogP contribution in [-0.4, -0.2) is 55.8 Å². The number of carbonyl (C=O) groups excluding carboxylic acids is 1. The molecule has 1 aliphatic heterocycles. The second-order valence-corrected chi connectivity index (χ2v) is 10.1. The Morgan fingerprint density at radius 1 is 0.951 bits per heavy atom. The van der Waals surface area contributed by atoms with E-state index < -0.39 is 6.29 Å². The first kappa shape index (κ1) is 30.5. The number of nitrogens with two attached hydrogens (primary N) is 1. The summed E-state index contributed by atoms with van der Waals surface area (Å²) >= 11 is 11.9. The van der Waals surface area contributed by atoms with E-state index >= 15 is 0 Å². The molecule has 8 nitrogen and oxygen atoms in total. The van der Waals surface area contributed by atoms with E-state index in [-0.39, 0.29) is 6.04 Å². The van der Waals surface area contributed by atoms with Crippen LogP contribution in [-0.2, 0) is 20.7 Å². The van der Waals surface area contributed by atoms with Crippen LogP contribution in [0.25, 0.3) is 10.9 Å². The summed E-state index contributed by atoms with van der Waals surface area (Å²) in [6.07, 6.45) is 1.21. The number of nitrogen functional groups attached to an aromatic ring is 1. The maximum Gasteiger partial charge on any atom is 0.210 e. The monoisotopic (exact) mass is 599 g/mol. The van der Waals surface area contributed by atoms with Gasteiger partial charge in [0.15, 0.2) is 6.29 Å². The van der Waals surface area contributed by atoms with Gasteiger partial charge < -0.3 is 29.7 Å². The number of hydrogen-bond acceptors (Lipinski definition) is 6. The van der Waals surface area contributed by atoms with Gasteiger partial charge in [-0.05, 0) is 86.0 Å². The van der Waals surface area contributed by atoms with Gasteiger partial charge in [0.25, 0.3) is 0 Å². The number of rotatable bonds is 10. The molecule has 0 saturated carbocycles. The highest BCUT2D eigenvalue weighted by Crippen LogP contribution is 2.40. The molecule has 0 bridgehead atoms. The highest BCUT2D eigenvalue weighted by atomic mass is 35.5. The number of ether oxygens (including phenoxy) is 4. The summed E-state index contributed by atoms with van der Waals surface area (Å²) in [7, 11) is 1.63. The van der Waals surface area contributed by atoms with Crippen molar-refractivity contribution in [1.29, 1.82) is 0 Å². The second-order valence-electron chi connectivity index (χ2n) is 9.27. The Bertz CT molecular complexity index is 1420. The number of nitrogens with zero attached hydrogens (tertiary/aromatic N) is 2. The highest BCUT2D eigenvalue weighted by Gasteiger charge is 2.33. The summed E-state index contributed by atoms with van der Waals surface area (Å²) < 4.78 is 23.5. The molecule has 41 heavy (non-hydrogen) atoms. The van der Waals surface area contributed by atoms with Crippen LogP contribution in [0.5, 0.6) is 11.5 Å². The third kappa shape index (κ3) is 7.26. The van der Waals surface area contributed by atoms with Crippen molar-refractivity contribution >= 4 is 40.5 Å². The zero-order chi connectivity index (χ0) is 29.4. The summed E-state index contributed by atoms with van der Waals surface area (Å²) in [5.41, 5.74) is 3.89. The van der Waals surface area contributed by atoms with Crippen LogP contribution in [0.15, 0.2) is 66.7 Å². The predicted octanol–water partition coefficient (Wildman–Crippen LogP) is 6.24. The molecule has 10 heteroatoms. The van der Waals surface area contributed by atoms with Crippen molar-refractivity contribution in [3.05, 3.63) is 93.6 Å². The average molecular weight is 601 g/mol. The van der Waals surface area contributed by atoms with Gasteiger partial charge in [0.2, 0.25) is 6.41 Å². The van der Waals surface area contributed by atoms with Gasteiger partial charge in [-0.15, -0.1) is 0 Å². The van der Waals surface area contributed by atoms with Crippen molar-refractivity contribution in [2.75, 3.05) is 39.3 Å². The fraction of sp³-hybridized carbons (Fsp3) is 0.323. The van der Waals surface area contributed by atoms with Gasteiger partial charge in [-0.1, -0.05) is 35.3 Å². The Hall–Kier alpha value is -3.43. The van der Waals surface area contributed by atoms with E-state index in [9.17, 15) is 4.79 Å². The molecule has 1 unspecified atom stereocenters. The normalized spacial score (nSPS) is 14.4. The molecule has 0 fully saturated rings. The first-order valence-electron chi connectivity index (χ1n) is 13.4. The number of fused-ring (bicyclic) bond motifs is 3. The van der Waals surface area contributed by atoms with Crippen LogP contribution >= 0.6 is 23.2 Å². The largest absolute Gasteiger partial charge is 0.497 e. The molecule has 2 N–H and O–H groups in total. The molecule has 218 valence electrons. The molecule has 0 radical (unpaired) electrons. The van der Waals surface area contributed by atoms with Gasteiger partial charge >= 0.3 is 0 Å². The molecule has 2 heterocycles. The maximum absolute atomic E-state index is 11.9. The van der Waals surface area contributed by atoms with Gasteiger partial charge in [0, 0.05) is 35.2 Å². The molecule has 4 aromatic rings. The van der Waals surface area contributed by atoms with E-state index in [1.54, 1.807) is 28.8 Å². The standard InChI is InChI=1S/C24H28ClN3O4.C7H7ClO/c1-3-30-22(31-4-2)14-32-18-8-5-16(6-9-18)23-24-19(11-12-27(23)15-29)20-13-17(25)7-10-21(20)28(24)26;1-9-7-4-2-6(8)3-5-7/h5-10,13,15,22-23H,3-4,11-12,14,26H2,1-2H3;2-5H,1H3. The average Bonchev–Trinajstić information content (AvgIpc) is 3.27. The number of benzene rings is 3. The smallest absolute Gasteiger partial charge is 0.210 e. The fourth-order valence-electron chi connectivity index (χ4n) is 4.92. The van der Waals surface area contributed by atoms with Gasteiger partial charge in [-0.2, -0.15) is 0 Å². The van der Waals surface area contributed by atoms with Crippen LogP contribution in [0.4, 0.5) is 0 Å². The Labute approximate surface area is 250 Å². The molecule has 0 saturated heterocycles. The van der Waals surface area contributed by atoms with Crippen LogP contribution in [0.2, 0.25) is 10.0 Å². The molecule has 5 rings (SSSR count). The van der Waals surface area contributed by atoms with Crippen molar-refractivity contribution in [2.45, 2.75) is 32.6 Å². The molecule has 1 aliphatic rings. The number of aromatic nitrogens is 1. The van der Waals surface area contributed by atoms with Crippen LogP contribution in [0.3, 0.4) is 0 Å². The highest BCUT2D eigenvalue weighted by molar-refractivity contribution is 6.31. The van der Waals surface area contributed by atoms with Gasteiger partial charge in [-0.25, -0.2) is 0 Å². The molecule has 0 spiro atoms. The molecule has 3 aromatic carbocycles. The molecule has 0 aliphatic carbocycles. The summed E-state index contributed by atoms with van der Waals surface area (Å²) in [5, 5.41) is 2.43. The minimum atomic E-state index is -0.407. The zero-order valence-corrected chi connectivity index (χ0v) is 24.9. The number of halogens is 2. The van der Waals surface area contributed by atoms with Crippen molar-refractivity contribution in [2.24, 2.45) is 0 Å². The first-order valence-corrected chi connectivity index (χ1v) is 14.2. The third-order valence-electron chi connectivity index (χ3n) is 6.79. The Kier molecular flexibility index (Phi) is 10.8. The number of amides is 1. The van der Waals surface area contributed by atoms with E-state index in [1.165, 1.54) is 0 Å². The van der Waals surface area contributed by atoms with Gasteiger partial charge in [0.1, 0.15) is 18.1 Å². The zero-order valence-electron chi connectivity index (χ0n) is 23.4. The number of hydrogen-bond donors (Lipinski definition) is 1. The summed E-state index contributed by atoms with van der Waals surface area (Å²) in [6.45, 7) is 5.85. The Morgan fingerprint density at radius 3 is 2.20 bits per heavy atom. The van der Waals surface area contributed by atoms with E-state index in [4.69, 9.17) is 48.0 Å². The lowest BCUT2D eigenvalue weighted by atomic mass is 9.93. The maximum atomic E-state index is 11.9. The lowest BCUT2D eigenvalue weighted by molar-refractivity contribution is -0.152. The second kappa shape index (κ2) is 14.5. The number of methoxy groups -OCH3 is 1. The summed E-state index contributed by atoms with van der Waals surface area (Å²) in [5.74, 6) is 8.03. The molecule has 1 atom stereocenters. The fourth-order valence-corrected chi connectivity index (χ4v) is 5.22. The predicted molar refractivity (Wildman–Crippen MR) is 162 cm³/mol. The van der Waals surface area contributed by atoms with Gasteiger partial charge in [-0.3, -0.25) is 9.47 Å². The number of carbonyl (C=O) groups is 1. The lowest BCUT2D eigenvalue weighted by Crippen LogP contribution is -2.37.